The number of benzene rings is 3. The van der Waals surface area contributed by atoms with Gasteiger partial charge in [0.05, 0.1) is 20.9 Å². The van der Waals surface area contributed by atoms with E-state index in [1.165, 1.54) is 24.4 Å². The maximum Gasteiger partial charge on any atom is 0.208 e. The smallest absolute Gasteiger partial charge is 0.208 e. The van der Waals surface area contributed by atoms with Crippen LogP contribution in [0.25, 0.3) is 10.9 Å². The van der Waals surface area contributed by atoms with Crippen molar-refractivity contribution in [2.45, 2.75) is 9.79 Å². The van der Waals surface area contributed by atoms with Crippen LogP contribution in [0.3, 0.4) is 0 Å². The number of sulfone groups is 1. The Morgan fingerprint density at radius 3 is 2.25 bits per heavy atom. The van der Waals surface area contributed by atoms with Crippen LogP contribution in [0.5, 0.6) is 11.5 Å². The van der Waals surface area contributed by atoms with Crippen LogP contribution in [0.15, 0.2) is 82.7 Å². The molecule has 0 saturated carbocycles. The van der Waals surface area contributed by atoms with E-state index in [2.05, 4.69) is 4.98 Å². The lowest BCUT2D eigenvalue weighted by Gasteiger charge is -2.20. The van der Waals surface area contributed by atoms with Crippen LogP contribution in [-0.4, -0.2) is 32.4 Å². The van der Waals surface area contributed by atoms with E-state index in [4.69, 9.17) is 9.47 Å². The molecule has 8 heteroatoms. The second kappa shape index (κ2) is 7.72. The zero-order valence-electron chi connectivity index (χ0n) is 16.6. The molecule has 0 fully saturated rings. The summed E-state index contributed by atoms with van der Waals surface area (Å²) in [6.45, 7) is 0.679. The highest BCUT2D eigenvalue weighted by Gasteiger charge is 2.30. The van der Waals surface area contributed by atoms with E-state index in [-0.39, 0.29) is 20.7 Å². The number of aromatic nitrogens is 1. The Hall–Kier alpha value is -3.78. The summed E-state index contributed by atoms with van der Waals surface area (Å²) in [5.41, 5.74) is 0.575. The number of fused-ring (bicyclic) bond motifs is 2. The molecule has 0 N–H and O–H groups in total. The highest BCUT2D eigenvalue weighted by molar-refractivity contribution is 7.91. The fraction of sp³-hybridized carbons (Fsp3) is 0.0833. The number of hydrogen-bond donors (Lipinski definition) is 0. The molecule has 3 aromatic carbocycles. The molecule has 6 nitrogen and oxygen atoms in total. The summed E-state index contributed by atoms with van der Waals surface area (Å²) in [7, 11) is -4.22. The average molecular weight is 449 g/mol. The summed E-state index contributed by atoms with van der Waals surface area (Å²) in [5.74, 6) is -0.242. The minimum Gasteiger partial charge on any atom is -0.486 e. The number of carbonyl (C=O) groups is 1. The van der Waals surface area contributed by atoms with Crippen LogP contribution in [0.1, 0.15) is 15.9 Å². The van der Waals surface area contributed by atoms with E-state index >= 15 is 0 Å². The molecular weight excluding hydrogens is 433 g/mol. The van der Waals surface area contributed by atoms with Gasteiger partial charge < -0.3 is 9.47 Å². The Morgan fingerprint density at radius 2 is 1.56 bits per heavy atom. The van der Waals surface area contributed by atoms with Gasteiger partial charge in [0.25, 0.3) is 0 Å². The Bertz CT molecular complexity index is 1450. The van der Waals surface area contributed by atoms with Gasteiger partial charge in [0, 0.05) is 23.2 Å². The fourth-order valence-electron chi connectivity index (χ4n) is 3.63. The Kier molecular flexibility index (Phi) is 4.86. The molecule has 1 aliphatic heterocycles. The van der Waals surface area contributed by atoms with Crippen molar-refractivity contribution in [1.82, 2.24) is 4.98 Å². The highest BCUT2D eigenvalue weighted by Crippen LogP contribution is 2.39. The standard InChI is InChI=1S/C24H16FNO5S/c25-16-6-8-17(9-7-16)32(28,29)24-18-12-21-22(31-11-10-30-21)13-20(18)26-14-19(24)23(27)15-4-2-1-3-5-15/h1-9,12-14H,10-11H2. The molecule has 0 unspecified atom stereocenters. The van der Waals surface area contributed by atoms with Gasteiger partial charge in [0.15, 0.2) is 17.3 Å². The van der Waals surface area contributed by atoms with Crippen molar-refractivity contribution in [2.24, 2.45) is 0 Å². The van der Waals surface area contributed by atoms with Crippen LogP contribution in [0.2, 0.25) is 0 Å². The quantitative estimate of drug-likeness (QED) is 0.343. The second-order valence-corrected chi connectivity index (χ2v) is 9.05. The van der Waals surface area contributed by atoms with Crippen molar-refractivity contribution >= 4 is 26.5 Å². The first kappa shape index (κ1) is 20.1. The zero-order valence-corrected chi connectivity index (χ0v) is 17.4. The normalized spacial score (nSPS) is 13.2. The predicted octanol–water partition coefficient (Wildman–Crippen LogP) is 4.21. The van der Waals surface area contributed by atoms with Crippen LogP contribution in [0, 0.1) is 5.82 Å². The summed E-state index contributed by atoms with van der Waals surface area (Å²) in [6.07, 6.45) is 1.25. The van der Waals surface area contributed by atoms with Crippen molar-refractivity contribution in [3.63, 3.8) is 0 Å². The van der Waals surface area contributed by atoms with E-state index < -0.39 is 21.4 Å². The number of nitrogens with zero attached hydrogens (tertiary/aromatic N) is 1. The molecule has 0 bridgehead atoms. The SMILES string of the molecule is O=C(c1ccccc1)c1cnc2cc3c(cc2c1S(=O)(=O)c1ccc(F)cc1)OCCO3. The van der Waals surface area contributed by atoms with E-state index in [1.54, 1.807) is 36.4 Å². The Balaban J connectivity index is 1.82. The lowest BCUT2D eigenvalue weighted by molar-refractivity contribution is 0.103. The summed E-state index contributed by atoms with van der Waals surface area (Å²) in [4.78, 5) is 17.3. The van der Waals surface area contributed by atoms with Crippen molar-refractivity contribution in [3.05, 3.63) is 89.9 Å². The first-order valence-corrected chi connectivity index (χ1v) is 11.3. The van der Waals surface area contributed by atoms with Crippen molar-refractivity contribution < 1.29 is 27.1 Å². The molecule has 0 amide bonds. The number of ketones is 1. The molecule has 32 heavy (non-hydrogen) atoms. The third kappa shape index (κ3) is 3.38. The van der Waals surface area contributed by atoms with Crippen molar-refractivity contribution in [3.8, 4) is 11.5 Å². The topological polar surface area (TPSA) is 82.6 Å². The number of rotatable bonds is 4. The molecule has 0 atom stereocenters. The molecule has 1 aliphatic rings. The Morgan fingerprint density at radius 1 is 0.906 bits per heavy atom. The van der Waals surface area contributed by atoms with Gasteiger partial charge in [0.1, 0.15) is 19.0 Å². The average Bonchev–Trinajstić information content (AvgIpc) is 2.82. The molecule has 160 valence electrons. The molecule has 4 aromatic rings. The van der Waals surface area contributed by atoms with E-state index in [1.807, 2.05) is 0 Å². The molecule has 0 spiro atoms. The number of ether oxygens (including phenoxy) is 2. The molecule has 0 radical (unpaired) electrons. The minimum atomic E-state index is -4.22. The van der Waals surface area contributed by atoms with Gasteiger partial charge >= 0.3 is 0 Å². The van der Waals surface area contributed by atoms with Crippen LogP contribution < -0.4 is 9.47 Å². The maximum atomic E-state index is 13.7. The second-order valence-electron chi connectivity index (χ2n) is 7.17. The maximum absolute atomic E-state index is 13.7. The van der Waals surface area contributed by atoms with Crippen LogP contribution >= 0.6 is 0 Å². The van der Waals surface area contributed by atoms with Gasteiger partial charge in [-0.15, -0.1) is 0 Å². The monoisotopic (exact) mass is 449 g/mol. The third-order valence-corrected chi connectivity index (χ3v) is 7.03. The largest absolute Gasteiger partial charge is 0.486 e. The van der Waals surface area contributed by atoms with Gasteiger partial charge in [-0.25, -0.2) is 12.8 Å². The van der Waals surface area contributed by atoms with E-state index in [9.17, 15) is 17.6 Å². The van der Waals surface area contributed by atoms with Crippen LogP contribution in [-0.2, 0) is 9.84 Å². The minimum absolute atomic E-state index is 0.0790. The third-order valence-electron chi connectivity index (χ3n) is 5.16. The van der Waals surface area contributed by atoms with Gasteiger partial charge in [-0.2, -0.15) is 0 Å². The number of halogens is 1. The van der Waals surface area contributed by atoms with Gasteiger partial charge in [-0.05, 0) is 30.3 Å². The Labute approximate surface area is 183 Å². The zero-order chi connectivity index (χ0) is 22.3. The first-order chi connectivity index (χ1) is 15.4. The van der Waals surface area contributed by atoms with Crippen molar-refractivity contribution in [1.29, 1.82) is 0 Å². The molecule has 1 aromatic heterocycles. The molecular formula is C24H16FNO5S. The van der Waals surface area contributed by atoms with Gasteiger partial charge in [0.2, 0.25) is 9.84 Å². The lowest BCUT2D eigenvalue weighted by atomic mass is 10.0. The summed E-state index contributed by atoms with van der Waals surface area (Å²) in [5, 5.41) is 0.223. The van der Waals surface area contributed by atoms with Crippen molar-refractivity contribution in [2.75, 3.05) is 13.2 Å². The lowest BCUT2D eigenvalue weighted by Crippen LogP contribution is -2.16. The van der Waals surface area contributed by atoms with Crippen LogP contribution in [0.4, 0.5) is 4.39 Å². The molecule has 0 saturated heterocycles. The fourth-order valence-corrected chi connectivity index (χ4v) is 5.25. The predicted molar refractivity (Wildman–Crippen MR) is 114 cm³/mol. The van der Waals surface area contributed by atoms with E-state index in [0.29, 0.717) is 35.8 Å². The summed E-state index contributed by atoms with van der Waals surface area (Å²) < 4.78 is 52.1. The molecule has 5 rings (SSSR count). The molecule has 0 aliphatic carbocycles. The number of hydrogen-bond acceptors (Lipinski definition) is 6. The molecule has 2 heterocycles. The number of carbonyl (C=O) groups excluding carboxylic acids is 1. The summed E-state index contributed by atoms with van der Waals surface area (Å²) in [6, 6.07) is 15.9. The van der Waals surface area contributed by atoms with E-state index in [0.717, 1.165) is 12.1 Å². The first-order valence-electron chi connectivity index (χ1n) is 9.78. The highest BCUT2D eigenvalue weighted by atomic mass is 32.2. The number of pyridine rings is 1. The van der Waals surface area contributed by atoms with Gasteiger partial charge in [-0.3, -0.25) is 9.78 Å². The summed E-state index contributed by atoms with van der Waals surface area (Å²) >= 11 is 0. The van der Waals surface area contributed by atoms with Gasteiger partial charge in [-0.1, -0.05) is 30.3 Å².